The number of hydrogen-bond acceptors (Lipinski definition) is 2. The van der Waals surface area contributed by atoms with Gasteiger partial charge in [0.15, 0.2) is 0 Å². The minimum atomic E-state index is -0.388. The monoisotopic (exact) mass is 271 g/mol. The van der Waals surface area contributed by atoms with Crippen molar-refractivity contribution in [2.24, 2.45) is 0 Å². The first-order valence-electron chi connectivity index (χ1n) is 6.86. The number of aromatic nitrogens is 1. The van der Waals surface area contributed by atoms with E-state index in [1.54, 1.807) is 0 Å². The number of H-pyrrole nitrogens is 1. The van der Waals surface area contributed by atoms with Gasteiger partial charge in [0.05, 0.1) is 6.42 Å². The highest BCUT2D eigenvalue weighted by atomic mass is 16.2. The summed E-state index contributed by atoms with van der Waals surface area (Å²) in [6.45, 7) is 0.702. The van der Waals surface area contributed by atoms with Crippen molar-refractivity contribution in [1.82, 2.24) is 15.6 Å². The van der Waals surface area contributed by atoms with E-state index in [-0.39, 0.29) is 24.3 Å². The van der Waals surface area contributed by atoms with Crippen molar-refractivity contribution in [2.45, 2.75) is 25.3 Å². The first-order chi connectivity index (χ1) is 9.74. The molecule has 1 fully saturated rings. The third kappa shape index (κ3) is 2.52. The van der Waals surface area contributed by atoms with Gasteiger partial charge in [0.2, 0.25) is 11.8 Å². The summed E-state index contributed by atoms with van der Waals surface area (Å²) in [7, 11) is 0. The fourth-order valence-electron chi connectivity index (χ4n) is 2.61. The van der Waals surface area contributed by atoms with Crippen LogP contribution in [0.4, 0.5) is 0 Å². The quantitative estimate of drug-likeness (QED) is 0.782. The highest BCUT2D eigenvalue weighted by molar-refractivity contribution is 5.92. The zero-order valence-corrected chi connectivity index (χ0v) is 11.1. The van der Waals surface area contributed by atoms with Gasteiger partial charge in [-0.25, -0.2) is 0 Å². The fraction of sp³-hybridized carbons (Fsp3) is 0.333. The Labute approximate surface area is 116 Å². The molecular weight excluding hydrogens is 254 g/mol. The van der Waals surface area contributed by atoms with Gasteiger partial charge in [-0.05, 0) is 24.5 Å². The molecule has 0 bridgehead atoms. The summed E-state index contributed by atoms with van der Waals surface area (Å²) in [4.78, 5) is 26.8. The molecule has 104 valence electrons. The molecule has 5 nitrogen and oxygen atoms in total. The summed E-state index contributed by atoms with van der Waals surface area (Å²) in [5, 5.41) is 6.62. The molecule has 1 aromatic heterocycles. The maximum Gasteiger partial charge on any atom is 0.242 e. The number of rotatable bonds is 3. The van der Waals surface area contributed by atoms with Crippen LogP contribution in [0.25, 0.3) is 10.9 Å². The average molecular weight is 271 g/mol. The average Bonchev–Trinajstić information content (AvgIpc) is 2.85. The molecule has 20 heavy (non-hydrogen) atoms. The number of piperidine rings is 1. The third-order valence-corrected chi connectivity index (χ3v) is 3.65. The molecule has 1 aromatic carbocycles. The van der Waals surface area contributed by atoms with E-state index < -0.39 is 0 Å². The second-order valence-corrected chi connectivity index (χ2v) is 5.09. The molecule has 0 aliphatic carbocycles. The van der Waals surface area contributed by atoms with Crippen molar-refractivity contribution in [2.75, 3.05) is 6.54 Å². The number of amides is 2. The number of benzene rings is 1. The largest absolute Gasteiger partial charge is 0.361 e. The lowest BCUT2D eigenvalue weighted by Crippen LogP contribution is -2.50. The van der Waals surface area contributed by atoms with Gasteiger partial charge in [-0.3, -0.25) is 9.59 Å². The van der Waals surface area contributed by atoms with Crippen LogP contribution in [-0.2, 0) is 16.0 Å². The molecule has 2 aromatic rings. The van der Waals surface area contributed by atoms with Crippen LogP contribution < -0.4 is 10.6 Å². The van der Waals surface area contributed by atoms with E-state index in [9.17, 15) is 9.59 Å². The highest BCUT2D eigenvalue weighted by Gasteiger charge is 2.23. The lowest BCUT2D eigenvalue weighted by Gasteiger charge is -2.22. The molecule has 0 saturated carbocycles. The van der Waals surface area contributed by atoms with Gasteiger partial charge in [0.1, 0.15) is 6.04 Å². The van der Waals surface area contributed by atoms with Gasteiger partial charge in [-0.15, -0.1) is 0 Å². The molecule has 1 saturated heterocycles. The van der Waals surface area contributed by atoms with E-state index in [0.29, 0.717) is 13.0 Å². The number of para-hydroxylation sites is 1. The Morgan fingerprint density at radius 3 is 3.05 bits per heavy atom. The van der Waals surface area contributed by atoms with Gasteiger partial charge >= 0.3 is 0 Å². The van der Waals surface area contributed by atoms with Gasteiger partial charge < -0.3 is 15.6 Å². The molecule has 0 radical (unpaired) electrons. The van der Waals surface area contributed by atoms with Crippen LogP contribution in [0.3, 0.4) is 0 Å². The minimum Gasteiger partial charge on any atom is -0.361 e. The summed E-state index contributed by atoms with van der Waals surface area (Å²) >= 11 is 0. The van der Waals surface area contributed by atoms with Gasteiger partial charge in [-0.1, -0.05) is 18.2 Å². The summed E-state index contributed by atoms with van der Waals surface area (Å²) in [5.74, 6) is -0.194. The van der Waals surface area contributed by atoms with Crippen molar-refractivity contribution in [3.8, 4) is 0 Å². The number of carbonyl (C=O) groups is 2. The smallest absolute Gasteiger partial charge is 0.242 e. The zero-order chi connectivity index (χ0) is 13.9. The molecular formula is C15H17N3O2. The third-order valence-electron chi connectivity index (χ3n) is 3.65. The number of nitrogens with one attached hydrogen (secondary N) is 3. The fourth-order valence-corrected chi connectivity index (χ4v) is 2.61. The predicted molar refractivity (Wildman–Crippen MR) is 76.2 cm³/mol. The van der Waals surface area contributed by atoms with Crippen LogP contribution in [0.1, 0.15) is 18.4 Å². The van der Waals surface area contributed by atoms with E-state index in [1.165, 1.54) is 0 Å². The molecule has 1 atom stereocenters. The van der Waals surface area contributed by atoms with E-state index in [1.807, 2.05) is 30.5 Å². The maximum absolute atomic E-state index is 12.1. The van der Waals surface area contributed by atoms with Crippen molar-refractivity contribution < 1.29 is 9.59 Å². The van der Waals surface area contributed by atoms with Crippen LogP contribution in [0, 0.1) is 0 Å². The molecule has 1 aliphatic rings. The Bertz CT molecular complexity index is 647. The zero-order valence-electron chi connectivity index (χ0n) is 11.1. The van der Waals surface area contributed by atoms with Crippen molar-refractivity contribution in [1.29, 1.82) is 0 Å². The van der Waals surface area contributed by atoms with Crippen molar-refractivity contribution >= 4 is 22.7 Å². The Hall–Kier alpha value is -2.30. The second-order valence-electron chi connectivity index (χ2n) is 5.09. The van der Waals surface area contributed by atoms with Gasteiger partial charge in [-0.2, -0.15) is 0 Å². The van der Waals surface area contributed by atoms with Crippen LogP contribution in [-0.4, -0.2) is 29.4 Å². The normalized spacial score (nSPS) is 18.8. The maximum atomic E-state index is 12.1. The highest BCUT2D eigenvalue weighted by Crippen LogP contribution is 2.18. The number of aromatic amines is 1. The molecule has 0 unspecified atom stereocenters. The summed E-state index contributed by atoms with van der Waals surface area (Å²) in [6, 6.07) is 7.48. The standard InChI is InChI=1S/C15H17N3O2/c19-14(18-13-6-3-7-16-15(13)20)8-10-9-17-12-5-2-1-4-11(10)12/h1-2,4-5,9,13,17H,3,6-8H2,(H,16,20)(H,18,19)/t13-/m1/s1. The van der Waals surface area contributed by atoms with Crippen LogP contribution in [0.5, 0.6) is 0 Å². The van der Waals surface area contributed by atoms with E-state index in [2.05, 4.69) is 15.6 Å². The molecule has 3 N–H and O–H groups in total. The Morgan fingerprint density at radius 2 is 2.20 bits per heavy atom. The molecule has 5 heteroatoms. The molecule has 2 amide bonds. The van der Waals surface area contributed by atoms with E-state index in [0.717, 1.165) is 22.9 Å². The number of fused-ring (bicyclic) bond motifs is 1. The van der Waals surface area contributed by atoms with Crippen LogP contribution in [0.2, 0.25) is 0 Å². The van der Waals surface area contributed by atoms with Crippen LogP contribution in [0.15, 0.2) is 30.5 Å². The Balaban J connectivity index is 1.68. The lowest BCUT2D eigenvalue weighted by atomic mass is 10.1. The SMILES string of the molecule is O=C(Cc1c[nH]c2ccccc12)N[C@@H]1CCCNC1=O. The first kappa shape index (κ1) is 12.7. The molecule has 2 heterocycles. The number of hydrogen-bond donors (Lipinski definition) is 3. The predicted octanol–water partition coefficient (Wildman–Crippen LogP) is 1.11. The van der Waals surface area contributed by atoms with Gasteiger partial charge in [0, 0.05) is 23.6 Å². The Morgan fingerprint density at radius 1 is 1.35 bits per heavy atom. The van der Waals surface area contributed by atoms with Crippen molar-refractivity contribution in [3.05, 3.63) is 36.0 Å². The van der Waals surface area contributed by atoms with Crippen LogP contribution >= 0.6 is 0 Å². The molecule has 0 spiro atoms. The number of carbonyl (C=O) groups excluding carboxylic acids is 2. The second kappa shape index (κ2) is 5.36. The van der Waals surface area contributed by atoms with E-state index >= 15 is 0 Å². The first-order valence-corrected chi connectivity index (χ1v) is 6.86. The summed E-state index contributed by atoms with van der Waals surface area (Å²) in [6.07, 6.45) is 3.76. The van der Waals surface area contributed by atoms with E-state index in [4.69, 9.17) is 0 Å². The van der Waals surface area contributed by atoms with Crippen molar-refractivity contribution in [3.63, 3.8) is 0 Å². The lowest BCUT2D eigenvalue weighted by molar-refractivity contribution is -0.129. The topological polar surface area (TPSA) is 74.0 Å². The van der Waals surface area contributed by atoms with Gasteiger partial charge in [0.25, 0.3) is 0 Å². The molecule has 3 rings (SSSR count). The summed E-state index contributed by atoms with van der Waals surface area (Å²) < 4.78 is 0. The Kier molecular flexibility index (Phi) is 3.41. The molecule has 1 aliphatic heterocycles. The minimum absolute atomic E-state index is 0.0801. The summed E-state index contributed by atoms with van der Waals surface area (Å²) in [5.41, 5.74) is 1.97.